The van der Waals surface area contributed by atoms with Crippen LogP contribution in [-0.4, -0.2) is 63.9 Å². The van der Waals surface area contributed by atoms with Crippen LogP contribution in [0.2, 0.25) is 5.02 Å². The van der Waals surface area contributed by atoms with E-state index in [1.807, 2.05) is 0 Å². The van der Waals surface area contributed by atoms with Crippen LogP contribution in [-0.2, 0) is 4.74 Å². The first-order valence-corrected chi connectivity index (χ1v) is 12.6. The summed E-state index contributed by atoms with van der Waals surface area (Å²) in [6, 6.07) is 1.86. The maximum absolute atomic E-state index is 13.0. The molecule has 5 aliphatic carbocycles. The topological polar surface area (TPSA) is 104 Å². The Kier molecular flexibility index (Phi) is 5.21. The number of ether oxygens (including phenoxy) is 1. The molecule has 8 nitrogen and oxygen atoms in total. The minimum absolute atomic E-state index is 0.0158. The Morgan fingerprint density at radius 1 is 1.15 bits per heavy atom. The van der Waals surface area contributed by atoms with E-state index in [2.05, 4.69) is 15.6 Å². The van der Waals surface area contributed by atoms with Crippen molar-refractivity contribution < 1.29 is 19.4 Å². The van der Waals surface area contributed by atoms with Gasteiger partial charge in [0.1, 0.15) is 11.9 Å². The zero-order chi connectivity index (χ0) is 22.7. The predicted molar refractivity (Wildman–Crippen MR) is 122 cm³/mol. The maximum Gasteiger partial charge on any atom is 0.410 e. The lowest BCUT2D eigenvalue weighted by Crippen LogP contribution is -2.58. The smallest absolute Gasteiger partial charge is 0.410 e. The molecule has 0 radical (unpaired) electrons. The molecule has 1 saturated heterocycles. The van der Waals surface area contributed by atoms with Gasteiger partial charge in [-0.3, -0.25) is 4.79 Å². The number of likely N-dealkylation sites (tertiary alicyclic amines) is 1. The molecule has 33 heavy (non-hydrogen) atoms. The second kappa shape index (κ2) is 8.01. The van der Waals surface area contributed by atoms with Crippen LogP contribution in [0.1, 0.15) is 61.7 Å². The highest BCUT2D eigenvalue weighted by Crippen LogP contribution is 2.56. The Morgan fingerprint density at radius 2 is 1.91 bits per heavy atom. The van der Waals surface area contributed by atoms with Gasteiger partial charge in [0.2, 0.25) is 0 Å². The largest absolute Gasteiger partial charge is 0.446 e. The molecule has 0 spiro atoms. The van der Waals surface area contributed by atoms with Crippen LogP contribution in [0, 0.1) is 17.8 Å². The molecule has 9 heteroatoms. The number of hydrogen-bond acceptors (Lipinski definition) is 6. The Morgan fingerprint density at radius 3 is 2.61 bits per heavy atom. The molecule has 5 saturated carbocycles. The molecule has 2 amide bonds. The first kappa shape index (κ1) is 21.5. The molecule has 2 heterocycles. The number of carbonyl (C=O) groups is 2. The number of anilines is 1. The molecular weight excluding hydrogens is 444 g/mol. The number of aliphatic hydroxyl groups is 1. The highest BCUT2D eigenvalue weighted by atomic mass is 35.5. The number of nitrogens with zero attached hydrogens (tertiary/aromatic N) is 2. The highest BCUT2D eigenvalue weighted by molar-refractivity contribution is 6.31. The third-order valence-corrected chi connectivity index (χ3v) is 8.40. The van der Waals surface area contributed by atoms with Crippen molar-refractivity contribution in [2.75, 3.05) is 18.4 Å². The number of pyridine rings is 1. The van der Waals surface area contributed by atoms with Crippen molar-refractivity contribution in [1.82, 2.24) is 15.2 Å². The normalized spacial score (nSPS) is 36.7. The summed E-state index contributed by atoms with van der Waals surface area (Å²) in [5.41, 5.74) is -0.0982. The fourth-order valence-electron chi connectivity index (χ4n) is 6.77. The van der Waals surface area contributed by atoms with Crippen LogP contribution in [0.5, 0.6) is 0 Å². The average molecular weight is 475 g/mol. The zero-order valence-electron chi connectivity index (χ0n) is 18.6. The van der Waals surface area contributed by atoms with Gasteiger partial charge in [0.25, 0.3) is 5.91 Å². The van der Waals surface area contributed by atoms with E-state index in [1.165, 1.54) is 6.20 Å². The van der Waals surface area contributed by atoms with Crippen molar-refractivity contribution in [1.29, 1.82) is 0 Å². The van der Waals surface area contributed by atoms with E-state index >= 15 is 0 Å². The van der Waals surface area contributed by atoms with Gasteiger partial charge in [0.15, 0.2) is 0 Å². The SMILES string of the molecule is O=C(NC1CC1)c1cc(Cl)cnc1NC1CCN(C(=O)OC2[C@@H]3CC4C[C@@H]2CC(O)(C4)C3)C1. The summed E-state index contributed by atoms with van der Waals surface area (Å²) < 4.78 is 6.03. The Hall–Kier alpha value is -2.06. The molecule has 6 aliphatic rings. The van der Waals surface area contributed by atoms with Gasteiger partial charge in [-0.15, -0.1) is 0 Å². The summed E-state index contributed by atoms with van der Waals surface area (Å²) in [4.78, 5) is 31.7. The first-order chi connectivity index (χ1) is 15.8. The number of carbonyl (C=O) groups excluding carboxylic acids is 2. The number of nitrogens with one attached hydrogen (secondary N) is 2. The quantitative estimate of drug-likeness (QED) is 0.605. The lowest BCUT2D eigenvalue weighted by Gasteiger charge is -2.57. The van der Waals surface area contributed by atoms with E-state index in [4.69, 9.17) is 16.3 Å². The molecule has 1 aromatic heterocycles. The molecule has 4 bridgehead atoms. The summed E-state index contributed by atoms with van der Waals surface area (Å²) in [7, 11) is 0. The van der Waals surface area contributed by atoms with Crippen LogP contribution in [0.3, 0.4) is 0 Å². The molecule has 3 N–H and O–H groups in total. The molecule has 1 aliphatic heterocycles. The third-order valence-electron chi connectivity index (χ3n) is 8.19. The van der Waals surface area contributed by atoms with Gasteiger partial charge in [-0.05, 0) is 75.2 Å². The van der Waals surface area contributed by atoms with E-state index in [0.29, 0.717) is 35.4 Å². The maximum atomic E-state index is 13.0. The van der Waals surface area contributed by atoms with Crippen LogP contribution in [0.4, 0.5) is 10.6 Å². The summed E-state index contributed by atoms with van der Waals surface area (Å²) in [6.45, 7) is 1.10. The zero-order valence-corrected chi connectivity index (χ0v) is 19.4. The van der Waals surface area contributed by atoms with Gasteiger partial charge in [-0.1, -0.05) is 11.6 Å². The van der Waals surface area contributed by atoms with Gasteiger partial charge in [-0.25, -0.2) is 9.78 Å². The summed E-state index contributed by atoms with van der Waals surface area (Å²) in [6.07, 6.45) is 8.52. The first-order valence-electron chi connectivity index (χ1n) is 12.3. The van der Waals surface area contributed by atoms with E-state index < -0.39 is 5.60 Å². The van der Waals surface area contributed by atoms with Gasteiger partial charge in [0, 0.05) is 31.4 Å². The van der Waals surface area contributed by atoms with E-state index in [-0.39, 0.29) is 42.0 Å². The molecule has 1 aromatic rings. The predicted octanol–water partition coefficient (Wildman–Crippen LogP) is 3.19. The molecule has 6 fully saturated rings. The minimum Gasteiger partial charge on any atom is -0.446 e. The fraction of sp³-hybridized carbons (Fsp3) is 0.708. The Labute approximate surface area is 198 Å². The van der Waals surface area contributed by atoms with Crippen molar-refractivity contribution in [3.05, 3.63) is 22.8 Å². The molecule has 178 valence electrons. The van der Waals surface area contributed by atoms with Crippen molar-refractivity contribution in [2.45, 2.75) is 75.2 Å². The third kappa shape index (κ3) is 4.28. The van der Waals surface area contributed by atoms with Crippen LogP contribution < -0.4 is 10.6 Å². The van der Waals surface area contributed by atoms with Crippen molar-refractivity contribution >= 4 is 29.4 Å². The van der Waals surface area contributed by atoms with Gasteiger partial charge in [0.05, 0.1) is 16.2 Å². The summed E-state index contributed by atoms with van der Waals surface area (Å²) >= 11 is 6.09. The molecular formula is C24H31ClN4O4. The van der Waals surface area contributed by atoms with Crippen molar-refractivity contribution in [3.8, 4) is 0 Å². The van der Waals surface area contributed by atoms with E-state index in [0.717, 1.165) is 51.4 Å². The van der Waals surface area contributed by atoms with Crippen LogP contribution >= 0.6 is 11.6 Å². The highest BCUT2D eigenvalue weighted by Gasteiger charge is 2.56. The Bertz CT molecular complexity index is 954. The Balaban J connectivity index is 1.07. The van der Waals surface area contributed by atoms with Crippen LogP contribution in [0.25, 0.3) is 0 Å². The molecule has 1 unspecified atom stereocenters. The minimum atomic E-state index is -0.531. The van der Waals surface area contributed by atoms with Gasteiger partial charge in [-0.2, -0.15) is 0 Å². The molecule has 7 rings (SSSR count). The van der Waals surface area contributed by atoms with Crippen molar-refractivity contribution in [3.63, 3.8) is 0 Å². The second-order valence-electron chi connectivity index (χ2n) is 10.9. The van der Waals surface area contributed by atoms with Gasteiger partial charge >= 0.3 is 6.09 Å². The summed E-state index contributed by atoms with van der Waals surface area (Å²) in [5.74, 6) is 1.47. The lowest BCUT2D eigenvalue weighted by atomic mass is 9.53. The van der Waals surface area contributed by atoms with Crippen molar-refractivity contribution in [2.24, 2.45) is 17.8 Å². The average Bonchev–Trinajstić information content (AvgIpc) is 3.44. The van der Waals surface area contributed by atoms with Crippen LogP contribution in [0.15, 0.2) is 12.3 Å². The lowest BCUT2D eigenvalue weighted by molar-refractivity contribution is -0.177. The number of halogens is 1. The number of amides is 2. The molecule has 3 atom stereocenters. The van der Waals surface area contributed by atoms with Gasteiger partial charge < -0.3 is 25.4 Å². The van der Waals surface area contributed by atoms with E-state index in [1.54, 1.807) is 11.0 Å². The second-order valence-corrected chi connectivity index (χ2v) is 11.4. The summed E-state index contributed by atoms with van der Waals surface area (Å²) in [5, 5.41) is 17.5. The number of rotatable bonds is 5. The van der Waals surface area contributed by atoms with E-state index in [9.17, 15) is 14.7 Å². The number of aromatic nitrogens is 1. The fourth-order valence-corrected chi connectivity index (χ4v) is 6.93. The molecule has 0 aromatic carbocycles. The monoisotopic (exact) mass is 474 g/mol. The standard InChI is InChI=1S/C24H31ClN4O4/c25-16-7-19(22(30)28-17-1-2-17)21(26-11-16)27-18-3-4-29(12-18)23(31)33-20-14-5-13-6-15(20)10-24(32,8-13)9-14/h7,11,13-15,17-18,20,32H,1-6,8-10,12H2,(H,26,27)(H,28,30)/t13?,14-,15-,18?,20?,24?/m1/s1. The number of hydrogen-bond donors (Lipinski definition) is 3.